The second-order valence-corrected chi connectivity index (χ2v) is 7.03. The first-order valence-electron chi connectivity index (χ1n) is 7.14. The van der Waals surface area contributed by atoms with Crippen LogP contribution in [0.15, 0.2) is 18.2 Å². The van der Waals surface area contributed by atoms with Crippen molar-refractivity contribution in [3.05, 3.63) is 24.0 Å². The van der Waals surface area contributed by atoms with E-state index in [1.165, 1.54) is 24.2 Å². The number of nitrogen functional groups attached to an aromatic ring is 1. The lowest BCUT2D eigenvalue weighted by molar-refractivity contribution is 0.211. The van der Waals surface area contributed by atoms with Crippen LogP contribution < -0.4 is 5.73 Å². The van der Waals surface area contributed by atoms with Gasteiger partial charge in [-0.15, -0.1) is 0 Å². The summed E-state index contributed by atoms with van der Waals surface area (Å²) in [6.45, 7) is 9.02. The minimum atomic E-state index is 0.0621. The molecule has 2 aromatic rings. The molecule has 0 unspecified atom stereocenters. The van der Waals surface area contributed by atoms with Crippen molar-refractivity contribution in [1.82, 2.24) is 9.55 Å². The third kappa shape index (κ3) is 2.01. The van der Waals surface area contributed by atoms with Crippen LogP contribution in [0.1, 0.15) is 52.4 Å². The second-order valence-electron chi connectivity index (χ2n) is 7.03. The second kappa shape index (κ2) is 3.99. The Bertz CT molecular complexity index is 613. The summed E-state index contributed by atoms with van der Waals surface area (Å²) in [5.41, 5.74) is 9.01. The van der Waals surface area contributed by atoms with Crippen LogP contribution in [0, 0.1) is 5.92 Å². The van der Waals surface area contributed by atoms with Crippen LogP contribution in [0.25, 0.3) is 11.0 Å². The summed E-state index contributed by atoms with van der Waals surface area (Å²) < 4.78 is 2.45. The number of benzene rings is 1. The van der Waals surface area contributed by atoms with Gasteiger partial charge < -0.3 is 10.3 Å². The smallest absolute Gasteiger partial charge is 0.115 e. The van der Waals surface area contributed by atoms with Gasteiger partial charge in [0.1, 0.15) is 5.82 Å². The first kappa shape index (κ1) is 12.5. The molecule has 3 heteroatoms. The van der Waals surface area contributed by atoms with E-state index in [-0.39, 0.29) is 5.41 Å². The molecule has 0 bridgehead atoms. The Hall–Kier alpha value is -1.51. The van der Waals surface area contributed by atoms with Crippen LogP contribution in [0.5, 0.6) is 0 Å². The summed E-state index contributed by atoms with van der Waals surface area (Å²) >= 11 is 0. The first-order valence-corrected chi connectivity index (χ1v) is 7.14. The van der Waals surface area contributed by atoms with E-state index in [1.54, 1.807) is 0 Å². The molecule has 0 amide bonds. The van der Waals surface area contributed by atoms with Gasteiger partial charge in [0, 0.05) is 17.1 Å². The van der Waals surface area contributed by atoms with Crippen molar-refractivity contribution in [1.29, 1.82) is 0 Å². The van der Waals surface area contributed by atoms with Crippen molar-refractivity contribution < 1.29 is 0 Å². The molecule has 1 aliphatic carbocycles. The highest BCUT2D eigenvalue weighted by Gasteiger charge is 2.33. The average Bonchev–Trinajstić information content (AvgIpc) is 2.62. The Balaban J connectivity index is 2.20. The Morgan fingerprint density at radius 3 is 2.53 bits per heavy atom. The van der Waals surface area contributed by atoms with Crippen molar-refractivity contribution in [2.75, 3.05) is 5.73 Å². The lowest BCUT2D eigenvalue weighted by Gasteiger charge is -2.37. The molecular weight excluding hydrogens is 234 g/mol. The molecule has 0 atom stereocenters. The fourth-order valence-corrected chi connectivity index (χ4v) is 3.09. The maximum atomic E-state index is 5.89. The molecule has 0 aliphatic heterocycles. The summed E-state index contributed by atoms with van der Waals surface area (Å²) in [5.74, 6) is 2.02. The van der Waals surface area contributed by atoms with E-state index >= 15 is 0 Å². The molecule has 1 aromatic heterocycles. The number of hydrogen-bond acceptors (Lipinski definition) is 2. The average molecular weight is 257 g/mol. The predicted molar refractivity (Wildman–Crippen MR) is 80.3 cm³/mol. The quantitative estimate of drug-likeness (QED) is 0.788. The van der Waals surface area contributed by atoms with E-state index in [4.69, 9.17) is 10.7 Å². The molecule has 0 spiro atoms. The summed E-state index contributed by atoms with van der Waals surface area (Å²) in [7, 11) is 0. The molecule has 3 nitrogen and oxygen atoms in total. The van der Waals surface area contributed by atoms with Crippen LogP contribution in [-0.2, 0) is 5.41 Å². The molecule has 1 saturated carbocycles. The summed E-state index contributed by atoms with van der Waals surface area (Å²) in [4.78, 5) is 4.86. The van der Waals surface area contributed by atoms with Crippen LogP contribution in [0.3, 0.4) is 0 Å². The van der Waals surface area contributed by atoms with Gasteiger partial charge in [-0.25, -0.2) is 4.98 Å². The Morgan fingerprint density at radius 1 is 1.26 bits per heavy atom. The standard InChI is InChI=1S/C16H23N3/c1-10-7-12(8-10)19-14-6-5-11(17)9-13(14)18-15(19)16(2,3)4/h5-6,9-10,12H,7-8,17H2,1-4H3. The number of imidazole rings is 1. The fraction of sp³-hybridized carbons (Fsp3) is 0.562. The Kier molecular flexibility index (Phi) is 2.63. The highest BCUT2D eigenvalue weighted by Crippen LogP contribution is 2.42. The molecule has 102 valence electrons. The van der Waals surface area contributed by atoms with Gasteiger partial charge in [-0.05, 0) is 37.0 Å². The number of rotatable bonds is 1. The van der Waals surface area contributed by atoms with Crippen LogP contribution in [-0.4, -0.2) is 9.55 Å². The summed E-state index contributed by atoms with van der Waals surface area (Å²) in [5, 5.41) is 0. The molecule has 19 heavy (non-hydrogen) atoms. The Labute approximate surface area is 114 Å². The molecule has 1 fully saturated rings. The van der Waals surface area contributed by atoms with Crippen molar-refractivity contribution in [2.45, 2.75) is 52.0 Å². The van der Waals surface area contributed by atoms with E-state index in [0.717, 1.165) is 17.1 Å². The zero-order valence-electron chi connectivity index (χ0n) is 12.3. The lowest BCUT2D eigenvalue weighted by Crippen LogP contribution is -2.29. The van der Waals surface area contributed by atoms with Gasteiger partial charge in [0.2, 0.25) is 0 Å². The molecule has 3 rings (SSSR count). The van der Waals surface area contributed by atoms with Crippen molar-refractivity contribution >= 4 is 16.7 Å². The fourth-order valence-electron chi connectivity index (χ4n) is 3.09. The van der Waals surface area contributed by atoms with E-state index in [1.807, 2.05) is 12.1 Å². The third-order valence-electron chi connectivity index (χ3n) is 4.10. The minimum absolute atomic E-state index is 0.0621. The van der Waals surface area contributed by atoms with Gasteiger partial charge in [-0.3, -0.25) is 0 Å². The van der Waals surface area contributed by atoms with Crippen LogP contribution in [0.4, 0.5) is 5.69 Å². The molecular formula is C16H23N3. The Morgan fingerprint density at radius 2 is 1.95 bits per heavy atom. The number of nitrogens with two attached hydrogens (primary N) is 1. The molecule has 0 radical (unpaired) electrons. The van der Waals surface area contributed by atoms with Gasteiger partial charge in [0.25, 0.3) is 0 Å². The minimum Gasteiger partial charge on any atom is -0.399 e. The van der Waals surface area contributed by atoms with E-state index in [0.29, 0.717) is 6.04 Å². The van der Waals surface area contributed by atoms with Gasteiger partial charge in [-0.2, -0.15) is 0 Å². The lowest BCUT2D eigenvalue weighted by atomic mass is 9.81. The topological polar surface area (TPSA) is 43.8 Å². The normalized spacial score (nSPS) is 23.6. The number of anilines is 1. The third-order valence-corrected chi connectivity index (χ3v) is 4.10. The van der Waals surface area contributed by atoms with E-state index in [9.17, 15) is 0 Å². The van der Waals surface area contributed by atoms with Crippen molar-refractivity contribution in [3.63, 3.8) is 0 Å². The zero-order chi connectivity index (χ0) is 13.8. The first-order chi connectivity index (χ1) is 8.86. The maximum absolute atomic E-state index is 5.89. The maximum Gasteiger partial charge on any atom is 0.115 e. The van der Waals surface area contributed by atoms with Gasteiger partial charge >= 0.3 is 0 Å². The van der Waals surface area contributed by atoms with Crippen molar-refractivity contribution in [3.8, 4) is 0 Å². The van der Waals surface area contributed by atoms with Crippen molar-refractivity contribution in [2.24, 2.45) is 5.92 Å². The van der Waals surface area contributed by atoms with E-state index < -0.39 is 0 Å². The highest BCUT2D eigenvalue weighted by molar-refractivity contribution is 5.80. The monoisotopic (exact) mass is 257 g/mol. The van der Waals surface area contributed by atoms with Crippen LogP contribution in [0.2, 0.25) is 0 Å². The van der Waals surface area contributed by atoms with E-state index in [2.05, 4.69) is 38.3 Å². The van der Waals surface area contributed by atoms with Gasteiger partial charge in [0.15, 0.2) is 0 Å². The molecule has 2 N–H and O–H groups in total. The SMILES string of the molecule is CC1CC(n2c(C(C)(C)C)nc3cc(N)ccc32)C1. The number of fused-ring (bicyclic) bond motifs is 1. The number of aromatic nitrogens is 2. The highest BCUT2D eigenvalue weighted by atomic mass is 15.1. The molecule has 0 saturated heterocycles. The largest absolute Gasteiger partial charge is 0.399 e. The molecule has 1 aliphatic rings. The zero-order valence-corrected chi connectivity index (χ0v) is 12.3. The predicted octanol–water partition coefficient (Wildman–Crippen LogP) is 3.89. The molecule has 1 heterocycles. The van der Waals surface area contributed by atoms with Gasteiger partial charge in [0.05, 0.1) is 11.0 Å². The number of nitrogens with zero attached hydrogens (tertiary/aromatic N) is 2. The van der Waals surface area contributed by atoms with Gasteiger partial charge in [-0.1, -0.05) is 27.7 Å². The molecule has 1 aromatic carbocycles. The number of hydrogen-bond donors (Lipinski definition) is 1. The summed E-state index contributed by atoms with van der Waals surface area (Å²) in [6, 6.07) is 6.70. The van der Waals surface area contributed by atoms with Crippen LogP contribution >= 0.6 is 0 Å². The summed E-state index contributed by atoms with van der Waals surface area (Å²) in [6.07, 6.45) is 2.53.